The van der Waals surface area contributed by atoms with E-state index in [-0.39, 0.29) is 6.03 Å². The van der Waals surface area contributed by atoms with Gasteiger partial charge in [0.15, 0.2) is 0 Å². The summed E-state index contributed by atoms with van der Waals surface area (Å²) >= 11 is 0. The fourth-order valence-corrected chi connectivity index (χ4v) is 2.25. The molecular formula is C14H26N2O3. The van der Waals surface area contributed by atoms with Gasteiger partial charge in [-0.3, -0.25) is 0 Å². The first kappa shape index (κ1) is 15.8. The predicted octanol–water partition coefficient (Wildman–Crippen LogP) is 2.46. The normalized spacial score (nSPS) is 16.5. The summed E-state index contributed by atoms with van der Waals surface area (Å²) in [6.45, 7) is 5.32. The van der Waals surface area contributed by atoms with Gasteiger partial charge in [0, 0.05) is 13.1 Å². The lowest BCUT2D eigenvalue weighted by Crippen LogP contribution is -2.49. The van der Waals surface area contributed by atoms with E-state index in [1.54, 1.807) is 4.90 Å². The first-order valence-corrected chi connectivity index (χ1v) is 7.36. The zero-order valence-electron chi connectivity index (χ0n) is 12.0. The van der Waals surface area contributed by atoms with Gasteiger partial charge in [-0.05, 0) is 32.1 Å². The summed E-state index contributed by atoms with van der Waals surface area (Å²) in [5.41, 5.74) is 0. The number of unbranched alkanes of at least 4 members (excludes halogenated alkanes) is 1. The molecule has 0 aromatic carbocycles. The fourth-order valence-electron chi connectivity index (χ4n) is 2.25. The van der Waals surface area contributed by atoms with Gasteiger partial charge in [-0.15, -0.1) is 0 Å². The van der Waals surface area contributed by atoms with E-state index in [0.29, 0.717) is 18.9 Å². The summed E-state index contributed by atoms with van der Waals surface area (Å²) in [4.78, 5) is 24.9. The number of carboxylic acids is 1. The maximum atomic E-state index is 12.1. The second kappa shape index (κ2) is 8.02. The largest absolute Gasteiger partial charge is 0.480 e. The van der Waals surface area contributed by atoms with Crippen molar-refractivity contribution in [3.8, 4) is 0 Å². The highest BCUT2D eigenvalue weighted by atomic mass is 16.4. The second-order valence-electron chi connectivity index (χ2n) is 5.32. The minimum absolute atomic E-state index is 0.238. The van der Waals surface area contributed by atoms with Crippen LogP contribution in [0.4, 0.5) is 4.79 Å². The minimum Gasteiger partial charge on any atom is -0.480 e. The zero-order valence-corrected chi connectivity index (χ0v) is 12.0. The standard InChI is InChI=1S/C14H26N2O3/c1-3-5-9-12(13(17)18)15-14(19)16(4-2)10-11-7-6-8-11/h11-12H,3-10H2,1-2H3,(H,15,19)(H,17,18)/t12-/m0/s1. The predicted molar refractivity (Wildman–Crippen MR) is 74.1 cm³/mol. The van der Waals surface area contributed by atoms with Gasteiger partial charge in [0.2, 0.25) is 0 Å². The number of hydrogen-bond donors (Lipinski definition) is 2. The van der Waals surface area contributed by atoms with E-state index >= 15 is 0 Å². The lowest BCUT2D eigenvalue weighted by molar-refractivity contribution is -0.139. The molecule has 0 bridgehead atoms. The number of carboxylic acid groups (broad SMARTS) is 1. The minimum atomic E-state index is -0.943. The molecule has 1 saturated carbocycles. The monoisotopic (exact) mass is 270 g/mol. The molecule has 0 spiro atoms. The van der Waals surface area contributed by atoms with E-state index in [1.165, 1.54) is 19.3 Å². The zero-order chi connectivity index (χ0) is 14.3. The molecule has 19 heavy (non-hydrogen) atoms. The maximum absolute atomic E-state index is 12.1. The van der Waals surface area contributed by atoms with E-state index in [1.807, 2.05) is 13.8 Å². The topological polar surface area (TPSA) is 69.6 Å². The Morgan fingerprint density at radius 1 is 1.37 bits per heavy atom. The van der Waals surface area contributed by atoms with Crippen LogP contribution in [0.5, 0.6) is 0 Å². The summed E-state index contributed by atoms with van der Waals surface area (Å²) in [5, 5.41) is 11.8. The molecule has 0 unspecified atom stereocenters. The molecule has 1 aliphatic carbocycles. The van der Waals surface area contributed by atoms with Crippen molar-refractivity contribution >= 4 is 12.0 Å². The van der Waals surface area contributed by atoms with Crippen molar-refractivity contribution in [2.75, 3.05) is 13.1 Å². The molecule has 1 rings (SSSR count). The molecule has 0 aromatic heterocycles. The van der Waals surface area contributed by atoms with Gasteiger partial charge in [-0.2, -0.15) is 0 Å². The summed E-state index contributed by atoms with van der Waals surface area (Å²) < 4.78 is 0. The van der Waals surface area contributed by atoms with Crippen LogP contribution in [0.1, 0.15) is 52.4 Å². The number of rotatable bonds is 8. The van der Waals surface area contributed by atoms with Gasteiger partial charge in [0.1, 0.15) is 6.04 Å². The molecule has 0 aromatic rings. The van der Waals surface area contributed by atoms with Gasteiger partial charge >= 0.3 is 12.0 Å². The van der Waals surface area contributed by atoms with Gasteiger partial charge in [0.05, 0.1) is 0 Å². The quantitative estimate of drug-likeness (QED) is 0.712. The van der Waals surface area contributed by atoms with Crippen LogP contribution < -0.4 is 5.32 Å². The number of aliphatic carboxylic acids is 1. The third-order valence-electron chi connectivity index (χ3n) is 3.81. The lowest BCUT2D eigenvalue weighted by atomic mass is 9.85. The van der Waals surface area contributed by atoms with E-state index in [4.69, 9.17) is 5.11 Å². The van der Waals surface area contributed by atoms with E-state index in [9.17, 15) is 9.59 Å². The number of hydrogen-bond acceptors (Lipinski definition) is 2. The number of urea groups is 1. The van der Waals surface area contributed by atoms with Crippen molar-refractivity contribution in [2.45, 2.75) is 58.4 Å². The van der Waals surface area contributed by atoms with Crippen molar-refractivity contribution in [2.24, 2.45) is 5.92 Å². The van der Waals surface area contributed by atoms with Gasteiger partial charge < -0.3 is 15.3 Å². The highest BCUT2D eigenvalue weighted by molar-refractivity contribution is 5.82. The third-order valence-corrected chi connectivity index (χ3v) is 3.81. The Hall–Kier alpha value is -1.26. The van der Waals surface area contributed by atoms with Crippen molar-refractivity contribution in [1.82, 2.24) is 10.2 Å². The van der Waals surface area contributed by atoms with Crippen LogP contribution in [0, 0.1) is 5.92 Å². The molecular weight excluding hydrogens is 244 g/mol. The Morgan fingerprint density at radius 2 is 2.05 bits per heavy atom. The summed E-state index contributed by atoms with van der Waals surface area (Å²) in [5.74, 6) is -0.342. The van der Waals surface area contributed by atoms with Crippen LogP contribution in [-0.4, -0.2) is 41.1 Å². The molecule has 5 heteroatoms. The summed E-state index contributed by atoms with van der Waals surface area (Å²) in [6, 6.07) is -0.999. The highest BCUT2D eigenvalue weighted by Gasteiger charge is 2.25. The first-order chi connectivity index (χ1) is 9.08. The van der Waals surface area contributed by atoms with Crippen LogP contribution in [0.15, 0.2) is 0 Å². The Bertz CT molecular complexity index is 303. The lowest BCUT2D eigenvalue weighted by Gasteiger charge is -2.32. The van der Waals surface area contributed by atoms with Gasteiger partial charge in [-0.25, -0.2) is 9.59 Å². The van der Waals surface area contributed by atoms with E-state index in [2.05, 4.69) is 5.32 Å². The van der Waals surface area contributed by atoms with Crippen LogP contribution in [0.25, 0.3) is 0 Å². The molecule has 1 aliphatic rings. The summed E-state index contributed by atoms with van der Waals surface area (Å²) in [7, 11) is 0. The van der Waals surface area contributed by atoms with Crippen molar-refractivity contribution < 1.29 is 14.7 Å². The average molecular weight is 270 g/mol. The molecule has 1 atom stereocenters. The molecule has 2 N–H and O–H groups in total. The molecule has 2 amide bonds. The highest BCUT2D eigenvalue weighted by Crippen LogP contribution is 2.27. The molecule has 110 valence electrons. The first-order valence-electron chi connectivity index (χ1n) is 7.36. The van der Waals surface area contributed by atoms with Gasteiger partial charge in [-0.1, -0.05) is 26.2 Å². The number of carbonyl (C=O) groups is 2. The SMILES string of the molecule is CCCC[C@H](NC(=O)N(CC)CC1CCC1)C(=O)O. The number of nitrogens with zero attached hydrogens (tertiary/aromatic N) is 1. The number of amides is 2. The molecule has 1 fully saturated rings. The van der Waals surface area contributed by atoms with E-state index in [0.717, 1.165) is 19.4 Å². The molecule has 0 heterocycles. The van der Waals surface area contributed by atoms with Crippen molar-refractivity contribution in [3.05, 3.63) is 0 Å². The van der Waals surface area contributed by atoms with Crippen LogP contribution >= 0.6 is 0 Å². The Balaban J connectivity index is 2.45. The van der Waals surface area contributed by atoms with E-state index < -0.39 is 12.0 Å². The third kappa shape index (κ3) is 5.09. The molecule has 0 saturated heterocycles. The Kier molecular flexibility index (Phi) is 6.67. The summed E-state index contributed by atoms with van der Waals surface area (Å²) in [6.07, 6.45) is 5.85. The number of nitrogens with one attached hydrogen (secondary N) is 1. The maximum Gasteiger partial charge on any atom is 0.326 e. The van der Waals surface area contributed by atoms with Crippen molar-refractivity contribution in [3.63, 3.8) is 0 Å². The fraction of sp³-hybridized carbons (Fsp3) is 0.857. The Labute approximate surface area is 115 Å². The van der Waals surface area contributed by atoms with Crippen LogP contribution in [0.2, 0.25) is 0 Å². The molecule has 0 aliphatic heterocycles. The van der Waals surface area contributed by atoms with Gasteiger partial charge in [0.25, 0.3) is 0 Å². The smallest absolute Gasteiger partial charge is 0.326 e. The van der Waals surface area contributed by atoms with Crippen molar-refractivity contribution in [1.29, 1.82) is 0 Å². The second-order valence-corrected chi connectivity index (χ2v) is 5.32. The Morgan fingerprint density at radius 3 is 2.47 bits per heavy atom. The molecule has 5 nitrogen and oxygen atoms in total. The molecule has 0 radical (unpaired) electrons. The van der Waals surface area contributed by atoms with Crippen LogP contribution in [-0.2, 0) is 4.79 Å². The number of carbonyl (C=O) groups excluding carboxylic acids is 1. The average Bonchev–Trinajstić information content (AvgIpc) is 2.32. The van der Waals surface area contributed by atoms with Crippen LogP contribution in [0.3, 0.4) is 0 Å².